The molecule has 0 radical (unpaired) electrons. The predicted molar refractivity (Wildman–Crippen MR) is 66.1 cm³/mol. The highest BCUT2D eigenvalue weighted by molar-refractivity contribution is 9.09. The molecule has 84 valence electrons. The molecule has 1 atom stereocenters. The molecule has 0 aliphatic heterocycles. The lowest BCUT2D eigenvalue weighted by atomic mass is 9.97. The summed E-state index contributed by atoms with van der Waals surface area (Å²) >= 11 is 3.41. The zero-order chi connectivity index (χ0) is 11.3. The van der Waals surface area contributed by atoms with Crippen molar-refractivity contribution in [3.63, 3.8) is 0 Å². The number of phenolic OH excluding ortho intramolecular Hbond substituents is 1. The maximum atomic E-state index is 9.98. The van der Waals surface area contributed by atoms with Crippen LogP contribution in [0.5, 0.6) is 11.5 Å². The van der Waals surface area contributed by atoms with Gasteiger partial charge in [0.1, 0.15) is 0 Å². The first-order valence-corrected chi connectivity index (χ1v) is 6.33. The van der Waals surface area contributed by atoms with E-state index in [0.29, 0.717) is 18.3 Å². The average molecular weight is 273 g/mol. The highest BCUT2D eigenvalue weighted by Crippen LogP contribution is 2.35. The van der Waals surface area contributed by atoms with Gasteiger partial charge in [0.2, 0.25) is 0 Å². The Kier molecular flexibility index (Phi) is 4.95. The fourth-order valence-electron chi connectivity index (χ4n) is 1.53. The summed E-state index contributed by atoms with van der Waals surface area (Å²) in [6.07, 6.45) is 1.00. The summed E-state index contributed by atoms with van der Waals surface area (Å²) < 4.78 is 5.34. The molecule has 1 N–H and O–H groups in total. The van der Waals surface area contributed by atoms with Crippen LogP contribution in [-0.2, 0) is 0 Å². The first-order valence-electron chi connectivity index (χ1n) is 5.21. The molecular weight excluding hydrogens is 256 g/mol. The minimum atomic E-state index is 0.285. The molecule has 0 fully saturated rings. The van der Waals surface area contributed by atoms with Crippen LogP contribution in [0.3, 0.4) is 0 Å². The molecule has 0 saturated heterocycles. The van der Waals surface area contributed by atoms with E-state index < -0.39 is 0 Å². The van der Waals surface area contributed by atoms with Gasteiger partial charge in [0.15, 0.2) is 11.5 Å². The van der Waals surface area contributed by atoms with E-state index in [9.17, 15) is 5.11 Å². The van der Waals surface area contributed by atoms with E-state index in [0.717, 1.165) is 17.3 Å². The molecule has 0 heterocycles. The van der Waals surface area contributed by atoms with E-state index >= 15 is 0 Å². The van der Waals surface area contributed by atoms with Crippen LogP contribution >= 0.6 is 15.9 Å². The van der Waals surface area contributed by atoms with E-state index in [-0.39, 0.29) is 5.75 Å². The van der Waals surface area contributed by atoms with Gasteiger partial charge in [-0.05, 0) is 25.3 Å². The standard InChI is InChI=1S/C12H17BrO2/c1-3-15-11-6-4-5-10(12(11)14)9(2)7-8-13/h4-6,9,14H,3,7-8H2,1-2H3. The highest BCUT2D eigenvalue weighted by atomic mass is 79.9. The van der Waals surface area contributed by atoms with Gasteiger partial charge in [0.05, 0.1) is 6.61 Å². The van der Waals surface area contributed by atoms with Crippen molar-refractivity contribution in [1.29, 1.82) is 0 Å². The van der Waals surface area contributed by atoms with Crippen LogP contribution in [0, 0.1) is 0 Å². The summed E-state index contributed by atoms with van der Waals surface area (Å²) in [7, 11) is 0. The van der Waals surface area contributed by atoms with Crippen LogP contribution in [0.1, 0.15) is 31.7 Å². The minimum Gasteiger partial charge on any atom is -0.504 e. The van der Waals surface area contributed by atoms with Gasteiger partial charge in [-0.25, -0.2) is 0 Å². The van der Waals surface area contributed by atoms with Crippen molar-refractivity contribution < 1.29 is 9.84 Å². The molecule has 1 unspecified atom stereocenters. The number of halogens is 1. The molecule has 2 nitrogen and oxygen atoms in total. The zero-order valence-corrected chi connectivity index (χ0v) is 10.8. The number of aromatic hydroxyl groups is 1. The van der Waals surface area contributed by atoms with E-state index in [1.54, 1.807) is 6.07 Å². The van der Waals surface area contributed by atoms with Crippen molar-refractivity contribution in [2.45, 2.75) is 26.2 Å². The van der Waals surface area contributed by atoms with Gasteiger partial charge in [-0.15, -0.1) is 0 Å². The summed E-state index contributed by atoms with van der Waals surface area (Å²) in [5.41, 5.74) is 0.959. The molecule has 15 heavy (non-hydrogen) atoms. The van der Waals surface area contributed by atoms with E-state index in [1.165, 1.54) is 0 Å². The van der Waals surface area contributed by atoms with Crippen molar-refractivity contribution in [2.24, 2.45) is 0 Å². The van der Waals surface area contributed by atoms with Crippen molar-refractivity contribution in [3.05, 3.63) is 23.8 Å². The fourth-order valence-corrected chi connectivity index (χ4v) is 2.21. The van der Waals surface area contributed by atoms with Crippen molar-refractivity contribution >= 4 is 15.9 Å². The van der Waals surface area contributed by atoms with Crippen LogP contribution < -0.4 is 4.74 Å². The lowest BCUT2D eigenvalue weighted by Gasteiger charge is -2.14. The number of benzene rings is 1. The first-order chi connectivity index (χ1) is 7.20. The van der Waals surface area contributed by atoms with Crippen LogP contribution in [0.4, 0.5) is 0 Å². The third-order valence-corrected chi connectivity index (χ3v) is 2.86. The third kappa shape index (κ3) is 3.13. The maximum Gasteiger partial charge on any atom is 0.161 e. The Hall–Kier alpha value is -0.700. The molecule has 0 aliphatic carbocycles. The lowest BCUT2D eigenvalue weighted by Crippen LogP contribution is -1.98. The monoisotopic (exact) mass is 272 g/mol. The Morgan fingerprint density at radius 2 is 2.20 bits per heavy atom. The van der Waals surface area contributed by atoms with Gasteiger partial charge in [-0.2, -0.15) is 0 Å². The number of hydrogen-bond acceptors (Lipinski definition) is 2. The van der Waals surface area contributed by atoms with Gasteiger partial charge in [-0.1, -0.05) is 35.0 Å². The van der Waals surface area contributed by atoms with Crippen LogP contribution in [0.25, 0.3) is 0 Å². The lowest BCUT2D eigenvalue weighted by molar-refractivity contribution is 0.316. The summed E-state index contributed by atoms with van der Waals surface area (Å²) in [4.78, 5) is 0. The maximum absolute atomic E-state index is 9.98. The Labute approximate surface area is 99.4 Å². The molecule has 1 aromatic rings. The van der Waals surface area contributed by atoms with Crippen LogP contribution in [0.2, 0.25) is 0 Å². The van der Waals surface area contributed by atoms with E-state index in [2.05, 4.69) is 22.9 Å². The van der Waals surface area contributed by atoms with Crippen molar-refractivity contribution in [2.75, 3.05) is 11.9 Å². The first kappa shape index (κ1) is 12.4. The molecule has 0 aromatic heterocycles. The molecule has 0 bridgehead atoms. The van der Waals surface area contributed by atoms with E-state index in [1.807, 2.05) is 19.1 Å². The zero-order valence-electron chi connectivity index (χ0n) is 9.16. The smallest absolute Gasteiger partial charge is 0.161 e. The molecule has 3 heteroatoms. The van der Waals surface area contributed by atoms with Crippen molar-refractivity contribution in [3.8, 4) is 11.5 Å². The van der Waals surface area contributed by atoms with Gasteiger partial charge in [0, 0.05) is 10.9 Å². The highest BCUT2D eigenvalue weighted by Gasteiger charge is 2.13. The Morgan fingerprint density at radius 1 is 1.47 bits per heavy atom. The molecule has 1 rings (SSSR count). The van der Waals surface area contributed by atoms with Crippen LogP contribution in [-0.4, -0.2) is 17.0 Å². The van der Waals surface area contributed by atoms with Gasteiger partial charge in [0.25, 0.3) is 0 Å². The van der Waals surface area contributed by atoms with Gasteiger partial charge >= 0.3 is 0 Å². The average Bonchev–Trinajstić information content (AvgIpc) is 2.22. The molecule has 0 aliphatic rings. The number of ether oxygens (including phenoxy) is 1. The largest absolute Gasteiger partial charge is 0.504 e. The van der Waals surface area contributed by atoms with E-state index in [4.69, 9.17) is 4.74 Å². The molecule has 0 saturated carbocycles. The Balaban J connectivity index is 2.92. The molecule has 0 amide bonds. The number of phenols is 1. The Morgan fingerprint density at radius 3 is 2.80 bits per heavy atom. The second kappa shape index (κ2) is 6.01. The predicted octanol–water partition coefficient (Wildman–Crippen LogP) is 3.68. The molecule has 0 spiro atoms. The number of para-hydroxylation sites is 1. The fraction of sp³-hybridized carbons (Fsp3) is 0.500. The summed E-state index contributed by atoms with van der Waals surface area (Å²) in [6.45, 7) is 4.59. The molecular formula is C12H17BrO2. The van der Waals surface area contributed by atoms with Gasteiger partial charge < -0.3 is 9.84 Å². The second-order valence-electron chi connectivity index (χ2n) is 3.51. The third-order valence-electron chi connectivity index (χ3n) is 2.40. The Bertz CT molecular complexity index is 312. The molecule has 1 aromatic carbocycles. The summed E-state index contributed by atoms with van der Waals surface area (Å²) in [5.74, 6) is 1.20. The normalized spacial score (nSPS) is 12.5. The SMILES string of the molecule is CCOc1cccc(C(C)CCBr)c1O. The van der Waals surface area contributed by atoms with Gasteiger partial charge in [-0.3, -0.25) is 0 Å². The minimum absolute atomic E-state index is 0.285. The second-order valence-corrected chi connectivity index (χ2v) is 4.30. The number of hydrogen-bond donors (Lipinski definition) is 1. The van der Waals surface area contributed by atoms with Crippen molar-refractivity contribution in [1.82, 2.24) is 0 Å². The quantitative estimate of drug-likeness (QED) is 0.829. The summed E-state index contributed by atoms with van der Waals surface area (Å²) in [6, 6.07) is 5.67. The number of alkyl halides is 1. The van der Waals surface area contributed by atoms with Crippen LogP contribution in [0.15, 0.2) is 18.2 Å². The topological polar surface area (TPSA) is 29.5 Å². The number of rotatable bonds is 5. The summed E-state index contributed by atoms with van der Waals surface area (Å²) in [5, 5.41) is 10.9.